The zero-order valence-electron chi connectivity index (χ0n) is 16.4. The van der Waals surface area contributed by atoms with Crippen LogP contribution in [0.25, 0.3) is 0 Å². The van der Waals surface area contributed by atoms with Gasteiger partial charge in [-0.2, -0.15) is 0 Å². The first-order valence-electron chi connectivity index (χ1n) is 9.67. The van der Waals surface area contributed by atoms with E-state index in [1.807, 2.05) is 18.2 Å². The highest BCUT2D eigenvalue weighted by Crippen LogP contribution is 2.12. The third kappa shape index (κ3) is 6.56. The number of rotatable bonds is 9. The molecule has 0 atom stereocenters. The summed E-state index contributed by atoms with van der Waals surface area (Å²) in [6, 6.07) is 16.3. The Kier molecular flexibility index (Phi) is 7.62. The number of ether oxygens (including phenoxy) is 1. The molecule has 0 radical (unpaired) electrons. The molecule has 1 aliphatic heterocycles. The molecule has 0 unspecified atom stereocenters. The van der Waals surface area contributed by atoms with Crippen molar-refractivity contribution >= 4 is 15.7 Å². The Labute approximate surface area is 172 Å². The van der Waals surface area contributed by atoms with Crippen molar-refractivity contribution in [3.05, 3.63) is 65.7 Å². The van der Waals surface area contributed by atoms with E-state index >= 15 is 0 Å². The van der Waals surface area contributed by atoms with Crippen molar-refractivity contribution in [1.82, 2.24) is 4.90 Å². The lowest BCUT2D eigenvalue weighted by Gasteiger charge is -2.26. The van der Waals surface area contributed by atoms with Gasteiger partial charge in [-0.1, -0.05) is 41.6 Å². The molecule has 29 heavy (non-hydrogen) atoms. The number of sulfone groups is 1. The summed E-state index contributed by atoms with van der Waals surface area (Å²) in [5.41, 5.74) is 7.96. The molecule has 2 aromatic rings. The Balaban J connectivity index is 1.48. The second kappa shape index (κ2) is 10.4. The van der Waals surface area contributed by atoms with Gasteiger partial charge in [-0.25, -0.2) is 8.42 Å². The first-order chi connectivity index (χ1) is 14.0. The third-order valence-corrected chi connectivity index (χ3v) is 6.46. The van der Waals surface area contributed by atoms with Crippen molar-refractivity contribution in [2.45, 2.75) is 17.9 Å². The molecule has 1 saturated heterocycles. The van der Waals surface area contributed by atoms with Crippen LogP contribution < -0.4 is 5.73 Å². The largest absolute Gasteiger partial charge is 0.394 e. The highest BCUT2D eigenvalue weighted by Gasteiger charge is 2.13. The minimum absolute atomic E-state index is 0.00146. The third-order valence-electron chi connectivity index (χ3n) is 4.65. The van der Waals surface area contributed by atoms with Crippen LogP contribution in [0, 0.1) is 0 Å². The Bertz CT molecular complexity index is 911. The van der Waals surface area contributed by atoms with Crippen LogP contribution >= 0.6 is 0 Å². The Hall–Kier alpha value is -2.42. The van der Waals surface area contributed by atoms with Crippen LogP contribution in [-0.4, -0.2) is 57.8 Å². The molecule has 1 heterocycles. The van der Waals surface area contributed by atoms with Gasteiger partial charge in [0, 0.05) is 25.2 Å². The molecule has 0 aromatic heterocycles. The van der Waals surface area contributed by atoms with Gasteiger partial charge in [0.25, 0.3) is 0 Å². The van der Waals surface area contributed by atoms with E-state index in [2.05, 4.69) is 16.1 Å². The number of oxime groups is 1. The van der Waals surface area contributed by atoms with Crippen LogP contribution in [0.5, 0.6) is 0 Å². The number of nitrogens with two attached hydrogens (primary N) is 1. The maximum absolute atomic E-state index is 12.2. The Morgan fingerprint density at radius 1 is 1.10 bits per heavy atom. The van der Waals surface area contributed by atoms with Crippen molar-refractivity contribution in [2.75, 3.05) is 38.7 Å². The summed E-state index contributed by atoms with van der Waals surface area (Å²) in [4.78, 5) is 7.90. The zero-order chi connectivity index (χ0) is 20.5. The molecule has 8 heteroatoms. The average Bonchev–Trinajstić information content (AvgIpc) is 2.75. The number of hydrogen-bond acceptors (Lipinski definition) is 6. The standard InChI is InChI=1S/C21H27N3O4S/c22-21(19-7-4-6-18(16-19)17-24-10-13-27-14-11-24)23-28-12-5-15-29(25,26)20-8-2-1-3-9-20/h1-4,6-9,16H,5,10-15,17H2,(H2,22,23). The first kappa shape index (κ1) is 21.3. The number of benzene rings is 2. The molecule has 1 fully saturated rings. The number of morpholine rings is 1. The SMILES string of the molecule is N/C(=N/OCCCS(=O)(=O)c1ccccc1)c1cccc(CN2CCOCC2)c1. The molecule has 0 bridgehead atoms. The van der Waals surface area contributed by atoms with Crippen molar-refractivity contribution in [3.8, 4) is 0 Å². The monoisotopic (exact) mass is 417 g/mol. The molecular formula is C21H27N3O4S. The summed E-state index contributed by atoms with van der Waals surface area (Å²) >= 11 is 0. The van der Waals surface area contributed by atoms with E-state index in [4.69, 9.17) is 15.3 Å². The van der Waals surface area contributed by atoms with Gasteiger partial charge in [-0.15, -0.1) is 0 Å². The molecule has 7 nitrogen and oxygen atoms in total. The Morgan fingerprint density at radius 3 is 2.62 bits per heavy atom. The van der Waals surface area contributed by atoms with Crippen LogP contribution in [0.3, 0.4) is 0 Å². The molecule has 1 aliphatic rings. The predicted octanol–water partition coefficient (Wildman–Crippen LogP) is 2.02. The summed E-state index contributed by atoms with van der Waals surface area (Å²) in [7, 11) is -3.31. The van der Waals surface area contributed by atoms with Crippen molar-refractivity contribution < 1.29 is 18.0 Å². The highest BCUT2D eigenvalue weighted by atomic mass is 32.2. The van der Waals surface area contributed by atoms with Gasteiger partial charge in [-0.05, 0) is 30.2 Å². The lowest BCUT2D eigenvalue weighted by Crippen LogP contribution is -2.35. The fourth-order valence-electron chi connectivity index (χ4n) is 3.07. The van der Waals surface area contributed by atoms with Crippen LogP contribution in [0.1, 0.15) is 17.5 Å². The zero-order valence-corrected chi connectivity index (χ0v) is 17.2. The normalized spacial score (nSPS) is 15.9. The summed E-state index contributed by atoms with van der Waals surface area (Å²) in [5, 5.41) is 3.94. The fourth-order valence-corrected chi connectivity index (χ4v) is 4.38. The number of hydrogen-bond donors (Lipinski definition) is 1. The average molecular weight is 418 g/mol. The van der Waals surface area contributed by atoms with Gasteiger partial charge >= 0.3 is 0 Å². The smallest absolute Gasteiger partial charge is 0.178 e. The first-order valence-corrected chi connectivity index (χ1v) is 11.3. The van der Waals surface area contributed by atoms with E-state index in [0.717, 1.165) is 44.0 Å². The minimum Gasteiger partial charge on any atom is -0.394 e. The van der Waals surface area contributed by atoms with E-state index in [-0.39, 0.29) is 18.2 Å². The lowest BCUT2D eigenvalue weighted by atomic mass is 10.1. The fraction of sp³-hybridized carbons (Fsp3) is 0.381. The number of amidine groups is 1. The molecule has 156 valence electrons. The van der Waals surface area contributed by atoms with Crippen molar-refractivity contribution in [1.29, 1.82) is 0 Å². The summed E-state index contributed by atoms with van der Waals surface area (Å²) < 4.78 is 29.8. The second-order valence-electron chi connectivity index (χ2n) is 6.88. The summed E-state index contributed by atoms with van der Waals surface area (Å²) in [5.74, 6) is 0.279. The van der Waals surface area contributed by atoms with Gasteiger partial charge < -0.3 is 15.3 Å². The van der Waals surface area contributed by atoms with Crippen LogP contribution in [0.2, 0.25) is 0 Å². The quantitative estimate of drug-likeness (QED) is 0.290. The lowest BCUT2D eigenvalue weighted by molar-refractivity contribution is 0.0342. The minimum atomic E-state index is -3.31. The molecule has 2 N–H and O–H groups in total. The summed E-state index contributed by atoms with van der Waals surface area (Å²) in [6.45, 7) is 4.38. The van der Waals surface area contributed by atoms with Crippen LogP contribution in [0.4, 0.5) is 0 Å². The molecular weight excluding hydrogens is 390 g/mol. The van der Waals surface area contributed by atoms with Gasteiger partial charge in [0.05, 0.1) is 23.9 Å². The van der Waals surface area contributed by atoms with E-state index < -0.39 is 9.84 Å². The van der Waals surface area contributed by atoms with Gasteiger partial charge in [-0.3, -0.25) is 4.90 Å². The summed E-state index contributed by atoms with van der Waals surface area (Å²) in [6.07, 6.45) is 0.338. The van der Waals surface area contributed by atoms with E-state index in [1.165, 1.54) is 0 Å². The van der Waals surface area contributed by atoms with Gasteiger partial charge in [0.2, 0.25) is 0 Å². The van der Waals surface area contributed by atoms with Crippen molar-refractivity contribution in [3.63, 3.8) is 0 Å². The van der Waals surface area contributed by atoms with Crippen molar-refractivity contribution in [2.24, 2.45) is 10.9 Å². The molecule has 3 rings (SSSR count). The Morgan fingerprint density at radius 2 is 1.86 bits per heavy atom. The number of nitrogens with zero attached hydrogens (tertiary/aromatic N) is 2. The van der Waals surface area contributed by atoms with Crippen LogP contribution in [-0.2, 0) is 26.0 Å². The van der Waals surface area contributed by atoms with E-state index in [1.54, 1.807) is 30.3 Å². The predicted molar refractivity (Wildman–Crippen MR) is 112 cm³/mol. The second-order valence-corrected chi connectivity index (χ2v) is 8.99. The highest BCUT2D eigenvalue weighted by molar-refractivity contribution is 7.91. The topological polar surface area (TPSA) is 94.2 Å². The maximum atomic E-state index is 12.2. The maximum Gasteiger partial charge on any atom is 0.178 e. The van der Waals surface area contributed by atoms with Gasteiger partial charge in [0.1, 0.15) is 6.61 Å². The molecule has 2 aromatic carbocycles. The van der Waals surface area contributed by atoms with Gasteiger partial charge in [0.15, 0.2) is 15.7 Å². The molecule has 0 aliphatic carbocycles. The van der Waals surface area contributed by atoms with E-state index in [9.17, 15) is 8.42 Å². The van der Waals surface area contributed by atoms with Crippen LogP contribution in [0.15, 0.2) is 64.6 Å². The molecule has 0 spiro atoms. The molecule has 0 amide bonds. The van der Waals surface area contributed by atoms with E-state index in [0.29, 0.717) is 11.3 Å². The molecule has 0 saturated carbocycles.